The number of para-hydroxylation sites is 1. The summed E-state index contributed by atoms with van der Waals surface area (Å²) in [5.74, 6) is 0.458. The van der Waals surface area contributed by atoms with Gasteiger partial charge in [0, 0.05) is 17.5 Å². The van der Waals surface area contributed by atoms with Crippen LogP contribution in [0.3, 0.4) is 0 Å². The van der Waals surface area contributed by atoms with Crippen molar-refractivity contribution in [3.8, 4) is 5.69 Å². The Morgan fingerprint density at radius 2 is 2.00 bits per heavy atom. The fourth-order valence-corrected chi connectivity index (χ4v) is 1.99. The van der Waals surface area contributed by atoms with Crippen LogP contribution in [-0.2, 0) is 5.88 Å². The van der Waals surface area contributed by atoms with Gasteiger partial charge in [0.2, 0.25) is 0 Å². The van der Waals surface area contributed by atoms with Crippen LogP contribution in [0.15, 0.2) is 48.9 Å². The molecule has 4 heteroatoms. The van der Waals surface area contributed by atoms with Crippen molar-refractivity contribution in [2.45, 2.75) is 5.88 Å². The van der Waals surface area contributed by atoms with Crippen molar-refractivity contribution in [3.63, 3.8) is 0 Å². The van der Waals surface area contributed by atoms with Gasteiger partial charge in [0.25, 0.3) is 0 Å². The van der Waals surface area contributed by atoms with E-state index in [2.05, 4.69) is 10.1 Å². The van der Waals surface area contributed by atoms with Gasteiger partial charge in [0.1, 0.15) is 0 Å². The SMILES string of the molecule is ClCc1cncc(-n2ncc3ccccc32)c1. The predicted octanol–water partition coefficient (Wildman–Crippen LogP) is 3.16. The highest BCUT2D eigenvalue weighted by Gasteiger charge is 2.04. The summed E-state index contributed by atoms with van der Waals surface area (Å²) in [4.78, 5) is 4.17. The second-order valence-electron chi connectivity index (χ2n) is 3.80. The monoisotopic (exact) mass is 243 g/mol. The highest BCUT2D eigenvalue weighted by atomic mass is 35.5. The van der Waals surface area contributed by atoms with Gasteiger partial charge in [-0.15, -0.1) is 11.6 Å². The third kappa shape index (κ3) is 1.78. The summed E-state index contributed by atoms with van der Waals surface area (Å²) in [7, 11) is 0. The second-order valence-corrected chi connectivity index (χ2v) is 4.07. The van der Waals surface area contributed by atoms with Gasteiger partial charge in [0.05, 0.1) is 23.6 Å². The average Bonchev–Trinajstić information content (AvgIpc) is 2.82. The molecule has 1 aromatic carbocycles. The van der Waals surface area contributed by atoms with E-state index < -0.39 is 0 Å². The van der Waals surface area contributed by atoms with E-state index in [0.29, 0.717) is 5.88 Å². The van der Waals surface area contributed by atoms with Crippen LogP contribution in [0.5, 0.6) is 0 Å². The molecule has 2 heterocycles. The average molecular weight is 244 g/mol. The van der Waals surface area contributed by atoms with E-state index in [-0.39, 0.29) is 0 Å². The van der Waals surface area contributed by atoms with Gasteiger partial charge in [0.15, 0.2) is 0 Å². The summed E-state index contributed by atoms with van der Waals surface area (Å²) in [5.41, 5.74) is 2.99. The molecule has 0 saturated heterocycles. The van der Waals surface area contributed by atoms with E-state index in [4.69, 9.17) is 11.6 Å². The van der Waals surface area contributed by atoms with Gasteiger partial charge >= 0.3 is 0 Å². The van der Waals surface area contributed by atoms with E-state index in [9.17, 15) is 0 Å². The maximum absolute atomic E-state index is 5.81. The molecule has 0 amide bonds. The van der Waals surface area contributed by atoms with E-state index in [1.165, 1.54) is 0 Å². The van der Waals surface area contributed by atoms with Gasteiger partial charge in [-0.3, -0.25) is 4.98 Å². The Morgan fingerprint density at radius 3 is 2.88 bits per heavy atom. The van der Waals surface area contributed by atoms with Gasteiger partial charge in [-0.1, -0.05) is 18.2 Å². The Morgan fingerprint density at radius 1 is 1.12 bits per heavy atom. The molecule has 0 unspecified atom stereocenters. The highest BCUT2D eigenvalue weighted by Crippen LogP contribution is 2.18. The van der Waals surface area contributed by atoms with Crippen LogP contribution in [-0.4, -0.2) is 14.8 Å². The largest absolute Gasteiger partial charge is 0.262 e. The highest BCUT2D eigenvalue weighted by molar-refractivity contribution is 6.17. The van der Waals surface area contributed by atoms with Crippen molar-refractivity contribution in [2.24, 2.45) is 0 Å². The third-order valence-corrected chi connectivity index (χ3v) is 2.97. The zero-order valence-electron chi connectivity index (χ0n) is 9.05. The Kier molecular flexibility index (Phi) is 2.53. The molecule has 0 atom stereocenters. The zero-order chi connectivity index (χ0) is 11.7. The molecule has 0 aliphatic carbocycles. The summed E-state index contributed by atoms with van der Waals surface area (Å²) < 4.78 is 1.87. The molecule has 0 aliphatic rings. The molecule has 0 radical (unpaired) electrons. The molecule has 0 aliphatic heterocycles. The first kappa shape index (κ1) is 10.3. The summed E-state index contributed by atoms with van der Waals surface area (Å²) in [6, 6.07) is 10.1. The number of halogens is 1. The lowest BCUT2D eigenvalue weighted by atomic mass is 10.2. The molecule has 3 rings (SSSR count). The number of nitrogens with zero attached hydrogens (tertiary/aromatic N) is 3. The number of alkyl halides is 1. The first-order valence-electron chi connectivity index (χ1n) is 5.31. The minimum absolute atomic E-state index is 0.458. The quantitative estimate of drug-likeness (QED) is 0.648. The van der Waals surface area contributed by atoms with Crippen LogP contribution in [0, 0.1) is 0 Å². The Hall–Kier alpha value is -1.87. The van der Waals surface area contributed by atoms with Crippen LogP contribution in [0.25, 0.3) is 16.6 Å². The fourth-order valence-electron chi connectivity index (χ4n) is 1.84. The van der Waals surface area contributed by atoms with Crippen molar-refractivity contribution in [1.29, 1.82) is 0 Å². The number of rotatable bonds is 2. The summed E-state index contributed by atoms with van der Waals surface area (Å²) in [6.07, 6.45) is 5.40. The lowest BCUT2D eigenvalue weighted by Crippen LogP contribution is -1.97. The number of pyridine rings is 1. The summed E-state index contributed by atoms with van der Waals surface area (Å²) >= 11 is 5.81. The molecule has 0 fully saturated rings. The number of aromatic nitrogens is 3. The summed E-state index contributed by atoms with van der Waals surface area (Å²) in [6.45, 7) is 0. The number of benzene rings is 1. The number of fused-ring (bicyclic) bond motifs is 1. The molecule has 3 aromatic rings. The molecular formula is C13H10ClN3. The van der Waals surface area contributed by atoms with Crippen molar-refractivity contribution in [2.75, 3.05) is 0 Å². The van der Waals surface area contributed by atoms with E-state index >= 15 is 0 Å². The van der Waals surface area contributed by atoms with Crippen molar-refractivity contribution in [1.82, 2.24) is 14.8 Å². The van der Waals surface area contributed by atoms with Gasteiger partial charge in [-0.2, -0.15) is 5.10 Å². The van der Waals surface area contributed by atoms with E-state index in [1.807, 2.05) is 41.2 Å². The lowest BCUT2D eigenvalue weighted by Gasteiger charge is -2.04. The third-order valence-electron chi connectivity index (χ3n) is 2.66. The Balaban J connectivity index is 2.20. The summed E-state index contributed by atoms with van der Waals surface area (Å²) in [5, 5.41) is 5.49. The van der Waals surface area contributed by atoms with Crippen LogP contribution >= 0.6 is 11.6 Å². The lowest BCUT2D eigenvalue weighted by molar-refractivity contribution is 0.900. The van der Waals surface area contributed by atoms with Gasteiger partial charge in [-0.25, -0.2) is 4.68 Å². The zero-order valence-corrected chi connectivity index (χ0v) is 9.80. The maximum atomic E-state index is 5.81. The predicted molar refractivity (Wildman–Crippen MR) is 68.4 cm³/mol. The second kappa shape index (κ2) is 4.18. The Labute approximate surface area is 104 Å². The first-order valence-corrected chi connectivity index (χ1v) is 5.85. The maximum Gasteiger partial charge on any atom is 0.0839 e. The van der Waals surface area contributed by atoms with Crippen molar-refractivity contribution < 1.29 is 0 Å². The van der Waals surface area contributed by atoms with Crippen molar-refractivity contribution >= 4 is 22.5 Å². The van der Waals surface area contributed by atoms with Crippen LogP contribution in [0.1, 0.15) is 5.56 Å². The molecule has 84 valence electrons. The van der Waals surface area contributed by atoms with E-state index in [0.717, 1.165) is 22.2 Å². The molecule has 2 aromatic heterocycles. The van der Waals surface area contributed by atoms with Gasteiger partial charge < -0.3 is 0 Å². The molecular weight excluding hydrogens is 234 g/mol. The first-order chi connectivity index (χ1) is 8.38. The molecule has 3 nitrogen and oxygen atoms in total. The van der Waals surface area contributed by atoms with Gasteiger partial charge in [-0.05, 0) is 17.7 Å². The van der Waals surface area contributed by atoms with Crippen LogP contribution < -0.4 is 0 Å². The normalized spacial score (nSPS) is 10.9. The van der Waals surface area contributed by atoms with Crippen LogP contribution in [0.2, 0.25) is 0 Å². The molecule has 17 heavy (non-hydrogen) atoms. The fraction of sp³-hybridized carbons (Fsp3) is 0.0769. The Bertz CT molecular complexity index is 660. The topological polar surface area (TPSA) is 30.7 Å². The molecule has 0 spiro atoms. The molecule has 0 N–H and O–H groups in total. The molecule has 0 bridgehead atoms. The molecule has 0 saturated carbocycles. The minimum atomic E-state index is 0.458. The van der Waals surface area contributed by atoms with Crippen LogP contribution in [0.4, 0.5) is 0 Å². The standard InChI is InChI=1S/C13H10ClN3/c14-6-10-5-12(9-15-7-10)17-13-4-2-1-3-11(13)8-16-17/h1-5,7-9H,6H2. The van der Waals surface area contributed by atoms with Crippen molar-refractivity contribution in [3.05, 3.63) is 54.5 Å². The number of hydrogen-bond donors (Lipinski definition) is 0. The number of hydrogen-bond acceptors (Lipinski definition) is 2. The smallest absolute Gasteiger partial charge is 0.0839 e. The van der Waals surface area contributed by atoms with E-state index in [1.54, 1.807) is 12.4 Å². The minimum Gasteiger partial charge on any atom is -0.262 e.